The quantitative estimate of drug-likeness (QED) is 0.593. The predicted octanol–water partition coefficient (Wildman–Crippen LogP) is 3.95. The van der Waals surface area contributed by atoms with Gasteiger partial charge in [0, 0.05) is 36.9 Å². The second kappa shape index (κ2) is 10.3. The summed E-state index contributed by atoms with van der Waals surface area (Å²) in [6.07, 6.45) is 2.25. The summed E-state index contributed by atoms with van der Waals surface area (Å²) in [4.78, 5) is 11.5. The van der Waals surface area contributed by atoms with Gasteiger partial charge in [-0.1, -0.05) is 42.5 Å². The lowest BCUT2D eigenvalue weighted by atomic mass is 9.81. The summed E-state index contributed by atoms with van der Waals surface area (Å²) >= 11 is 0. The van der Waals surface area contributed by atoms with Crippen LogP contribution in [0.1, 0.15) is 61.5 Å². The molecule has 7 nitrogen and oxygen atoms in total. The van der Waals surface area contributed by atoms with Crippen LogP contribution in [0.25, 0.3) is 0 Å². The minimum atomic E-state index is -3.68. The molecular weight excluding hydrogens is 471 g/mol. The molecule has 2 aliphatic heterocycles. The van der Waals surface area contributed by atoms with Gasteiger partial charge in [-0.05, 0) is 56.7 Å². The lowest BCUT2D eigenvalue weighted by molar-refractivity contribution is -0.140. The fourth-order valence-electron chi connectivity index (χ4n) is 5.21. The van der Waals surface area contributed by atoms with Gasteiger partial charge in [0.05, 0.1) is 0 Å². The number of rotatable bonds is 7. The zero-order valence-corrected chi connectivity index (χ0v) is 20.9. The first-order chi connectivity index (χ1) is 16.6. The molecule has 190 valence electrons. The van der Waals surface area contributed by atoms with Gasteiger partial charge in [0.15, 0.2) is 0 Å². The summed E-state index contributed by atoms with van der Waals surface area (Å²) in [5, 5.41) is 11.9. The van der Waals surface area contributed by atoms with Crippen molar-refractivity contribution in [3.05, 3.63) is 71.0 Å². The van der Waals surface area contributed by atoms with Gasteiger partial charge in [-0.3, -0.25) is 10.1 Å². The number of ether oxygens (including phenoxy) is 1. The number of halogens is 1. The fraction of sp³-hybridized carbons (Fsp3) is 0.500. The van der Waals surface area contributed by atoms with Crippen molar-refractivity contribution < 1.29 is 27.4 Å². The minimum Gasteiger partial charge on any atom is -0.480 e. The van der Waals surface area contributed by atoms with Crippen LogP contribution in [0.3, 0.4) is 0 Å². The van der Waals surface area contributed by atoms with Crippen LogP contribution in [-0.4, -0.2) is 49.1 Å². The molecule has 0 amide bonds. The van der Waals surface area contributed by atoms with Crippen molar-refractivity contribution in [3.63, 3.8) is 0 Å². The zero-order chi connectivity index (χ0) is 25.2. The second-order valence-corrected chi connectivity index (χ2v) is 11.7. The maximum atomic E-state index is 15.4. The maximum absolute atomic E-state index is 15.4. The maximum Gasteiger partial charge on any atom is 0.320 e. The molecule has 2 aliphatic rings. The highest BCUT2D eigenvalue weighted by molar-refractivity contribution is 7.89. The summed E-state index contributed by atoms with van der Waals surface area (Å²) in [5.41, 5.74) is 0.969. The van der Waals surface area contributed by atoms with Crippen LogP contribution >= 0.6 is 0 Å². The molecule has 2 aromatic carbocycles. The lowest BCUT2D eigenvalue weighted by Crippen LogP contribution is -2.52. The van der Waals surface area contributed by atoms with Crippen LogP contribution in [0, 0.1) is 5.82 Å². The minimum absolute atomic E-state index is 0.0476. The van der Waals surface area contributed by atoms with Crippen molar-refractivity contribution in [1.82, 2.24) is 9.62 Å². The van der Waals surface area contributed by atoms with E-state index in [9.17, 15) is 18.3 Å². The average molecular weight is 505 g/mol. The van der Waals surface area contributed by atoms with Crippen LogP contribution in [0.4, 0.5) is 4.39 Å². The first kappa shape index (κ1) is 25.8. The Hall–Kier alpha value is -2.33. The topological polar surface area (TPSA) is 95.9 Å². The Morgan fingerprint density at radius 1 is 1.20 bits per heavy atom. The fourth-order valence-corrected chi connectivity index (χ4v) is 7.39. The van der Waals surface area contributed by atoms with Crippen LogP contribution in [-0.2, 0) is 31.6 Å². The van der Waals surface area contributed by atoms with E-state index in [4.69, 9.17) is 4.74 Å². The molecule has 2 aromatic rings. The number of aliphatic carboxylic acids is 1. The first-order valence-corrected chi connectivity index (χ1v) is 13.6. The Kier molecular flexibility index (Phi) is 7.61. The molecule has 4 rings (SSSR count). The largest absolute Gasteiger partial charge is 0.480 e. The van der Waals surface area contributed by atoms with Gasteiger partial charge in [0.25, 0.3) is 0 Å². The van der Waals surface area contributed by atoms with E-state index in [2.05, 4.69) is 5.32 Å². The number of nitrogens with one attached hydrogen (secondary N) is 1. The van der Waals surface area contributed by atoms with Crippen LogP contribution in [0.15, 0.2) is 48.5 Å². The molecular formula is C26H33FN2O5S. The SMILES string of the molecule is C[C@H](NC1(c2ccc(CN3[C@@H](C)CC[C@H](c4ccccc4)S3(=O)=O)c(F)c2)CCOCC1)C(=O)O. The molecule has 2 N–H and O–H groups in total. The highest BCUT2D eigenvalue weighted by atomic mass is 32.2. The third-order valence-corrected chi connectivity index (χ3v) is 9.71. The molecule has 0 bridgehead atoms. The van der Waals surface area contributed by atoms with E-state index in [0.29, 0.717) is 50.0 Å². The van der Waals surface area contributed by atoms with Gasteiger partial charge >= 0.3 is 5.97 Å². The van der Waals surface area contributed by atoms with E-state index < -0.39 is 38.6 Å². The normalized spacial score (nSPS) is 25.1. The van der Waals surface area contributed by atoms with Crippen molar-refractivity contribution in [2.45, 2.75) is 68.9 Å². The van der Waals surface area contributed by atoms with Gasteiger partial charge in [-0.25, -0.2) is 12.8 Å². The van der Waals surface area contributed by atoms with Crippen molar-refractivity contribution in [2.75, 3.05) is 13.2 Å². The summed E-state index contributed by atoms with van der Waals surface area (Å²) in [6.45, 7) is 4.25. The molecule has 0 aliphatic carbocycles. The Morgan fingerprint density at radius 2 is 1.89 bits per heavy atom. The Bertz CT molecular complexity index is 1150. The molecule has 9 heteroatoms. The summed E-state index contributed by atoms with van der Waals surface area (Å²) in [7, 11) is -3.68. The second-order valence-electron chi connectivity index (χ2n) is 9.62. The number of hydrogen-bond acceptors (Lipinski definition) is 5. The van der Waals surface area contributed by atoms with E-state index in [0.717, 1.165) is 5.56 Å². The van der Waals surface area contributed by atoms with Crippen molar-refractivity contribution in [1.29, 1.82) is 0 Å². The average Bonchev–Trinajstić information content (AvgIpc) is 2.83. The van der Waals surface area contributed by atoms with E-state index in [1.165, 1.54) is 10.4 Å². The highest BCUT2D eigenvalue weighted by Crippen LogP contribution is 2.39. The van der Waals surface area contributed by atoms with Crippen LogP contribution < -0.4 is 5.32 Å². The molecule has 35 heavy (non-hydrogen) atoms. The molecule has 0 unspecified atom stereocenters. The number of carboxylic acid groups (broad SMARTS) is 1. The summed E-state index contributed by atoms with van der Waals surface area (Å²) < 4.78 is 49.3. The number of sulfonamides is 1. The van der Waals surface area contributed by atoms with Crippen molar-refractivity contribution in [2.24, 2.45) is 0 Å². The molecule has 0 aromatic heterocycles. The van der Waals surface area contributed by atoms with Gasteiger partial charge in [0.2, 0.25) is 10.0 Å². The zero-order valence-electron chi connectivity index (χ0n) is 20.1. The Balaban J connectivity index is 1.61. The number of carbonyl (C=O) groups is 1. The number of hydrogen-bond donors (Lipinski definition) is 2. The van der Waals surface area contributed by atoms with Gasteiger partial charge in [-0.2, -0.15) is 4.31 Å². The van der Waals surface area contributed by atoms with E-state index in [-0.39, 0.29) is 12.6 Å². The van der Waals surface area contributed by atoms with E-state index in [1.807, 2.05) is 37.3 Å². The first-order valence-electron chi connectivity index (χ1n) is 12.1. The van der Waals surface area contributed by atoms with Gasteiger partial charge < -0.3 is 9.84 Å². The van der Waals surface area contributed by atoms with Crippen LogP contribution in [0.2, 0.25) is 0 Å². The Labute approximate surface area is 206 Å². The van der Waals surface area contributed by atoms with Crippen molar-refractivity contribution in [3.8, 4) is 0 Å². The third kappa shape index (κ3) is 5.28. The molecule has 0 radical (unpaired) electrons. The van der Waals surface area contributed by atoms with E-state index in [1.54, 1.807) is 19.1 Å². The third-order valence-electron chi connectivity index (χ3n) is 7.34. The number of nitrogens with zero attached hydrogens (tertiary/aromatic N) is 1. The highest BCUT2D eigenvalue weighted by Gasteiger charge is 2.41. The van der Waals surface area contributed by atoms with Crippen molar-refractivity contribution >= 4 is 16.0 Å². The molecule has 3 atom stereocenters. The molecule has 0 saturated carbocycles. The number of carboxylic acids is 1. The lowest BCUT2D eigenvalue weighted by Gasteiger charge is -2.40. The molecule has 0 spiro atoms. The number of benzene rings is 2. The van der Waals surface area contributed by atoms with E-state index >= 15 is 4.39 Å². The summed E-state index contributed by atoms with van der Waals surface area (Å²) in [5.74, 6) is -1.48. The molecule has 2 heterocycles. The monoisotopic (exact) mass is 504 g/mol. The standard InChI is InChI=1S/C26H33FN2O5S/c1-18-8-11-24(20-6-4-3-5-7-20)35(32,33)29(18)17-21-9-10-22(16-23(21)27)26(12-14-34-15-13-26)28-19(2)25(30)31/h3-7,9-10,16,18-19,24,28H,8,11-15,17H2,1-2H3,(H,30,31)/t18-,19-,24+/m0/s1. The summed E-state index contributed by atoms with van der Waals surface area (Å²) in [6, 6.07) is 12.9. The Morgan fingerprint density at radius 3 is 2.51 bits per heavy atom. The molecule has 2 fully saturated rings. The van der Waals surface area contributed by atoms with Gasteiger partial charge in [-0.15, -0.1) is 0 Å². The smallest absolute Gasteiger partial charge is 0.320 e. The van der Waals surface area contributed by atoms with Gasteiger partial charge in [0.1, 0.15) is 17.1 Å². The predicted molar refractivity (Wildman–Crippen MR) is 131 cm³/mol. The van der Waals surface area contributed by atoms with Crippen LogP contribution in [0.5, 0.6) is 0 Å². The molecule has 2 saturated heterocycles.